The van der Waals surface area contributed by atoms with Crippen LogP contribution in [0.4, 0.5) is 0 Å². The van der Waals surface area contributed by atoms with Gasteiger partial charge in [0.15, 0.2) is 0 Å². The lowest BCUT2D eigenvalue weighted by Gasteiger charge is -2.05. The largest absolute Gasteiger partial charge is 0.376 e. The number of nitrogens with two attached hydrogens (primary N) is 1. The van der Waals surface area contributed by atoms with Gasteiger partial charge in [-0.05, 0) is 12.6 Å². The lowest BCUT2D eigenvalue weighted by molar-refractivity contribution is 0.592. The van der Waals surface area contributed by atoms with Gasteiger partial charge in [-0.25, -0.2) is 0 Å². The molecule has 0 heterocycles. The normalized spacial score (nSPS) is 12.9. The molecule has 2 heteroatoms. The van der Waals surface area contributed by atoms with E-state index in [1.165, 1.54) is 0 Å². The van der Waals surface area contributed by atoms with E-state index in [1.54, 1.807) is 6.20 Å². The molecule has 0 spiro atoms. The predicted octanol–water partition coefficient (Wildman–Crippen LogP) is 0.414. The van der Waals surface area contributed by atoms with Gasteiger partial charge in [-0.15, -0.1) is 0 Å². The maximum atomic E-state index is 5.40. The molecule has 0 aromatic carbocycles. The summed E-state index contributed by atoms with van der Waals surface area (Å²) in [7, 11) is 0. The molecule has 0 unspecified atom stereocenters. The molecule has 0 radical (unpaired) electrons. The summed E-state index contributed by atoms with van der Waals surface area (Å²) in [5.41, 5.74) is 5.40. The van der Waals surface area contributed by atoms with E-state index in [1.807, 2.05) is 6.92 Å². The van der Waals surface area contributed by atoms with Crippen molar-refractivity contribution in [1.29, 1.82) is 0 Å². The summed E-state index contributed by atoms with van der Waals surface area (Å²) < 4.78 is 0. The standard InChI is InChI=1S/C5H12N2/c1-3-5(6)7-4-2/h4-5,7H,2-3,6H2,1H3/t5-/m0/s1. The van der Waals surface area contributed by atoms with Gasteiger partial charge in [-0.3, -0.25) is 0 Å². The molecule has 0 aliphatic heterocycles. The molecule has 2 nitrogen and oxygen atoms in total. The SMILES string of the molecule is C=CN[C@H](N)CC. The van der Waals surface area contributed by atoms with Gasteiger partial charge in [0.25, 0.3) is 0 Å². The molecule has 0 aromatic heterocycles. The van der Waals surface area contributed by atoms with Gasteiger partial charge in [-0.1, -0.05) is 13.5 Å². The average Bonchev–Trinajstić information content (AvgIpc) is 1.68. The number of rotatable bonds is 3. The summed E-state index contributed by atoms with van der Waals surface area (Å²) in [5.74, 6) is 0. The average molecular weight is 100 g/mol. The molecule has 0 saturated carbocycles. The second-order valence-corrected chi connectivity index (χ2v) is 1.39. The second kappa shape index (κ2) is 3.68. The molecule has 0 saturated heterocycles. The molecular formula is C5H12N2. The third-order valence-electron chi connectivity index (χ3n) is 0.772. The maximum Gasteiger partial charge on any atom is 0.0735 e. The van der Waals surface area contributed by atoms with Crippen molar-refractivity contribution in [2.45, 2.75) is 19.5 Å². The van der Waals surface area contributed by atoms with Crippen LogP contribution < -0.4 is 11.1 Å². The minimum Gasteiger partial charge on any atom is -0.376 e. The first-order valence-corrected chi connectivity index (χ1v) is 2.43. The van der Waals surface area contributed by atoms with Crippen LogP contribution in [0.5, 0.6) is 0 Å². The van der Waals surface area contributed by atoms with Crippen molar-refractivity contribution in [2.75, 3.05) is 0 Å². The highest BCUT2D eigenvalue weighted by Gasteiger charge is 1.87. The molecule has 42 valence electrons. The Morgan fingerprint density at radius 2 is 2.57 bits per heavy atom. The summed E-state index contributed by atoms with van der Waals surface area (Å²) >= 11 is 0. The van der Waals surface area contributed by atoms with Crippen LogP contribution in [0.2, 0.25) is 0 Å². The molecule has 0 fully saturated rings. The first-order valence-electron chi connectivity index (χ1n) is 2.43. The molecule has 0 amide bonds. The lowest BCUT2D eigenvalue weighted by atomic mass is 10.4. The fourth-order valence-electron chi connectivity index (χ4n) is 0.269. The first-order chi connectivity index (χ1) is 3.31. The van der Waals surface area contributed by atoms with E-state index in [2.05, 4.69) is 11.9 Å². The lowest BCUT2D eigenvalue weighted by Crippen LogP contribution is -2.32. The van der Waals surface area contributed by atoms with Crippen molar-refractivity contribution < 1.29 is 0 Å². The Labute approximate surface area is 44.4 Å². The topological polar surface area (TPSA) is 38.0 Å². The minimum absolute atomic E-state index is 0.0810. The zero-order valence-electron chi connectivity index (χ0n) is 4.65. The third kappa shape index (κ3) is 3.33. The second-order valence-electron chi connectivity index (χ2n) is 1.39. The Morgan fingerprint density at radius 3 is 2.71 bits per heavy atom. The Bertz CT molecular complexity index is 52.0. The molecule has 0 bridgehead atoms. The Balaban J connectivity index is 2.98. The third-order valence-corrected chi connectivity index (χ3v) is 0.772. The van der Waals surface area contributed by atoms with E-state index in [-0.39, 0.29) is 6.17 Å². The van der Waals surface area contributed by atoms with Crippen molar-refractivity contribution in [3.63, 3.8) is 0 Å². The zero-order chi connectivity index (χ0) is 5.70. The van der Waals surface area contributed by atoms with E-state index < -0.39 is 0 Å². The number of hydrogen-bond donors (Lipinski definition) is 2. The molecule has 1 atom stereocenters. The van der Waals surface area contributed by atoms with Gasteiger partial charge in [0.1, 0.15) is 0 Å². The fraction of sp³-hybridized carbons (Fsp3) is 0.600. The van der Waals surface area contributed by atoms with Crippen LogP contribution in [0.15, 0.2) is 12.8 Å². The smallest absolute Gasteiger partial charge is 0.0735 e. The quantitative estimate of drug-likeness (QED) is 0.504. The monoisotopic (exact) mass is 100 g/mol. The summed E-state index contributed by atoms with van der Waals surface area (Å²) in [6.07, 6.45) is 2.62. The number of hydrogen-bond acceptors (Lipinski definition) is 2. The van der Waals surface area contributed by atoms with Gasteiger partial charge in [0.2, 0.25) is 0 Å². The van der Waals surface area contributed by atoms with E-state index in [0.717, 1.165) is 6.42 Å². The molecular weight excluding hydrogens is 88.1 g/mol. The minimum atomic E-state index is 0.0810. The number of nitrogens with one attached hydrogen (secondary N) is 1. The van der Waals surface area contributed by atoms with Gasteiger partial charge < -0.3 is 11.1 Å². The highest BCUT2D eigenvalue weighted by molar-refractivity contribution is 4.66. The molecule has 3 N–H and O–H groups in total. The van der Waals surface area contributed by atoms with Crippen LogP contribution in [0.1, 0.15) is 13.3 Å². The van der Waals surface area contributed by atoms with Gasteiger partial charge in [0, 0.05) is 0 Å². The van der Waals surface area contributed by atoms with Gasteiger partial charge >= 0.3 is 0 Å². The molecule has 0 aliphatic carbocycles. The van der Waals surface area contributed by atoms with E-state index in [4.69, 9.17) is 5.73 Å². The zero-order valence-corrected chi connectivity index (χ0v) is 4.65. The van der Waals surface area contributed by atoms with Crippen molar-refractivity contribution in [1.82, 2.24) is 5.32 Å². The van der Waals surface area contributed by atoms with Gasteiger partial charge in [-0.2, -0.15) is 0 Å². The molecule has 7 heavy (non-hydrogen) atoms. The van der Waals surface area contributed by atoms with Crippen LogP contribution in [-0.2, 0) is 0 Å². The Hall–Kier alpha value is -0.500. The molecule has 0 aliphatic rings. The van der Waals surface area contributed by atoms with Crippen LogP contribution in [0.25, 0.3) is 0 Å². The predicted molar refractivity (Wildman–Crippen MR) is 31.6 cm³/mol. The van der Waals surface area contributed by atoms with E-state index in [0.29, 0.717) is 0 Å². The maximum absolute atomic E-state index is 5.40. The van der Waals surface area contributed by atoms with E-state index >= 15 is 0 Å². The van der Waals surface area contributed by atoms with Gasteiger partial charge in [0.05, 0.1) is 6.17 Å². The highest BCUT2D eigenvalue weighted by Crippen LogP contribution is 1.76. The highest BCUT2D eigenvalue weighted by atomic mass is 15.0. The van der Waals surface area contributed by atoms with Crippen LogP contribution in [0.3, 0.4) is 0 Å². The summed E-state index contributed by atoms with van der Waals surface area (Å²) in [6.45, 7) is 5.47. The van der Waals surface area contributed by atoms with Crippen molar-refractivity contribution in [3.8, 4) is 0 Å². The van der Waals surface area contributed by atoms with Crippen molar-refractivity contribution in [3.05, 3.63) is 12.8 Å². The van der Waals surface area contributed by atoms with Crippen LogP contribution >= 0.6 is 0 Å². The van der Waals surface area contributed by atoms with Crippen LogP contribution in [-0.4, -0.2) is 6.17 Å². The van der Waals surface area contributed by atoms with Crippen molar-refractivity contribution >= 4 is 0 Å². The summed E-state index contributed by atoms with van der Waals surface area (Å²) in [5, 5.41) is 2.84. The van der Waals surface area contributed by atoms with Crippen LogP contribution in [0, 0.1) is 0 Å². The fourth-order valence-corrected chi connectivity index (χ4v) is 0.269. The van der Waals surface area contributed by atoms with Crippen molar-refractivity contribution in [2.24, 2.45) is 5.73 Å². The van der Waals surface area contributed by atoms with E-state index in [9.17, 15) is 0 Å². The first kappa shape index (κ1) is 6.50. The summed E-state index contributed by atoms with van der Waals surface area (Å²) in [4.78, 5) is 0. The molecule has 0 rings (SSSR count). The molecule has 0 aromatic rings. The Morgan fingerprint density at radius 1 is 2.00 bits per heavy atom. The summed E-state index contributed by atoms with van der Waals surface area (Å²) in [6, 6.07) is 0. The Kier molecular flexibility index (Phi) is 3.42.